The monoisotopic (exact) mass is 366 g/mol. The number of carbonyl (C=O) groups is 1. The number of aryl methyl sites for hydroxylation is 1. The quantitative estimate of drug-likeness (QED) is 0.747. The second kappa shape index (κ2) is 9.70. The number of aromatic nitrogens is 1. The number of hydrogen-bond donors (Lipinski definition) is 2. The van der Waals surface area contributed by atoms with E-state index in [0.717, 1.165) is 17.5 Å². The number of nitriles is 1. The number of pyridine rings is 1. The van der Waals surface area contributed by atoms with Gasteiger partial charge in [-0.1, -0.05) is 30.3 Å². The molecule has 0 saturated heterocycles. The van der Waals surface area contributed by atoms with Crippen molar-refractivity contribution in [2.24, 2.45) is 5.73 Å². The Morgan fingerprint density at radius 2 is 1.96 bits per heavy atom. The maximum absolute atomic E-state index is 12.8. The first kappa shape index (κ1) is 20.4. The van der Waals surface area contributed by atoms with Gasteiger partial charge in [0.25, 0.3) is 5.56 Å². The normalized spacial score (nSPS) is 10.4. The minimum absolute atomic E-state index is 0.0378. The second-order valence-electron chi connectivity index (χ2n) is 6.61. The standard InChI is InChI=1S/C21H26N4O2/c1-15-18(16(2)24-21(27)19(15)13-23)9-10-20(26)25(12-6-11-22)14-17-7-4-3-5-8-17/h3-5,7-8H,6,9-12,14,22H2,1-2H3,(H,24,27). The lowest BCUT2D eigenvalue weighted by molar-refractivity contribution is -0.131. The highest BCUT2D eigenvalue weighted by Gasteiger charge is 2.17. The van der Waals surface area contributed by atoms with Crippen molar-refractivity contribution in [3.63, 3.8) is 0 Å². The van der Waals surface area contributed by atoms with Gasteiger partial charge in [0.05, 0.1) is 0 Å². The molecular weight excluding hydrogens is 340 g/mol. The van der Waals surface area contributed by atoms with Crippen LogP contribution < -0.4 is 11.3 Å². The van der Waals surface area contributed by atoms with Crippen LogP contribution in [0.5, 0.6) is 0 Å². The number of rotatable bonds is 8. The summed E-state index contributed by atoms with van der Waals surface area (Å²) in [5.74, 6) is 0.0378. The fraction of sp³-hybridized carbons (Fsp3) is 0.381. The summed E-state index contributed by atoms with van der Waals surface area (Å²) in [5, 5.41) is 9.18. The van der Waals surface area contributed by atoms with Crippen LogP contribution in [-0.2, 0) is 17.8 Å². The van der Waals surface area contributed by atoms with E-state index in [1.807, 2.05) is 41.3 Å². The Labute approximate surface area is 159 Å². The molecule has 0 aliphatic carbocycles. The minimum Gasteiger partial charge on any atom is -0.338 e. The molecule has 0 spiro atoms. The molecule has 0 radical (unpaired) electrons. The van der Waals surface area contributed by atoms with Gasteiger partial charge in [-0.05, 0) is 49.9 Å². The summed E-state index contributed by atoms with van der Waals surface area (Å²) in [5.41, 5.74) is 8.66. The summed E-state index contributed by atoms with van der Waals surface area (Å²) < 4.78 is 0. The number of carbonyl (C=O) groups excluding carboxylic acids is 1. The molecule has 3 N–H and O–H groups in total. The minimum atomic E-state index is -0.378. The van der Waals surface area contributed by atoms with Gasteiger partial charge in [-0.25, -0.2) is 0 Å². The molecule has 6 nitrogen and oxygen atoms in total. The average molecular weight is 366 g/mol. The van der Waals surface area contributed by atoms with Crippen LogP contribution in [0.2, 0.25) is 0 Å². The van der Waals surface area contributed by atoms with Gasteiger partial charge in [0.15, 0.2) is 0 Å². The van der Waals surface area contributed by atoms with E-state index >= 15 is 0 Å². The van der Waals surface area contributed by atoms with Crippen molar-refractivity contribution in [2.75, 3.05) is 13.1 Å². The first-order valence-electron chi connectivity index (χ1n) is 9.12. The van der Waals surface area contributed by atoms with Gasteiger partial charge in [-0.15, -0.1) is 0 Å². The Morgan fingerprint density at radius 1 is 1.26 bits per heavy atom. The van der Waals surface area contributed by atoms with E-state index in [9.17, 15) is 14.9 Å². The molecule has 0 aliphatic heterocycles. The maximum atomic E-state index is 12.8. The fourth-order valence-corrected chi connectivity index (χ4v) is 3.19. The highest BCUT2D eigenvalue weighted by Crippen LogP contribution is 2.16. The van der Waals surface area contributed by atoms with Gasteiger partial charge in [0.2, 0.25) is 5.91 Å². The van der Waals surface area contributed by atoms with Gasteiger partial charge in [0, 0.05) is 25.2 Å². The van der Waals surface area contributed by atoms with Crippen LogP contribution in [0.25, 0.3) is 0 Å². The van der Waals surface area contributed by atoms with Crippen LogP contribution in [0.3, 0.4) is 0 Å². The third-order valence-corrected chi connectivity index (χ3v) is 4.71. The van der Waals surface area contributed by atoms with Crippen LogP contribution in [0.15, 0.2) is 35.1 Å². The summed E-state index contributed by atoms with van der Waals surface area (Å²) >= 11 is 0. The second-order valence-corrected chi connectivity index (χ2v) is 6.61. The summed E-state index contributed by atoms with van der Waals surface area (Å²) in [6.07, 6.45) is 1.54. The lowest BCUT2D eigenvalue weighted by Crippen LogP contribution is -2.33. The van der Waals surface area contributed by atoms with Crippen molar-refractivity contribution >= 4 is 5.91 Å². The molecule has 0 bridgehead atoms. The molecule has 0 fully saturated rings. The van der Waals surface area contributed by atoms with Crippen LogP contribution in [0, 0.1) is 25.2 Å². The van der Waals surface area contributed by atoms with Crippen molar-refractivity contribution < 1.29 is 4.79 Å². The summed E-state index contributed by atoms with van der Waals surface area (Å²) in [6.45, 7) is 5.24. The molecule has 142 valence electrons. The number of hydrogen-bond acceptors (Lipinski definition) is 4. The molecule has 1 aromatic heterocycles. The van der Waals surface area contributed by atoms with Crippen LogP contribution >= 0.6 is 0 Å². The van der Waals surface area contributed by atoms with Crippen molar-refractivity contribution in [1.29, 1.82) is 5.26 Å². The first-order valence-corrected chi connectivity index (χ1v) is 9.12. The largest absolute Gasteiger partial charge is 0.338 e. The number of nitrogens with zero attached hydrogens (tertiary/aromatic N) is 2. The number of H-pyrrole nitrogens is 1. The van der Waals surface area contributed by atoms with Crippen molar-refractivity contribution in [3.8, 4) is 6.07 Å². The van der Waals surface area contributed by atoms with Gasteiger partial charge in [-0.3, -0.25) is 9.59 Å². The molecule has 1 amide bonds. The van der Waals surface area contributed by atoms with Gasteiger partial charge in [-0.2, -0.15) is 5.26 Å². The molecule has 0 atom stereocenters. The number of nitrogens with one attached hydrogen (secondary N) is 1. The number of benzene rings is 1. The van der Waals surface area contributed by atoms with E-state index in [1.165, 1.54) is 0 Å². The highest BCUT2D eigenvalue weighted by atomic mass is 16.2. The fourth-order valence-electron chi connectivity index (χ4n) is 3.19. The smallest absolute Gasteiger partial charge is 0.266 e. The maximum Gasteiger partial charge on any atom is 0.266 e. The molecule has 2 rings (SSSR count). The summed E-state index contributed by atoms with van der Waals surface area (Å²) in [4.78, 5) is 29.2. The zero-order valence-corrected chi connectivity index (χ0v) is 15.9. The van der Waals surface area contributed by atoms with Crippen molar-refractivity contribution in [1.82, 2.24) is 9.88 Å². The zero-order valence-electron chi connectivity index (χ0n) is 15.9. The number of amides is 1. The van der Waals surface area contributed by atoms with Crippen LogP contribution in [0.4, 0.5) is 0 Å². The van der Waals surface area contributed by atoms with E-state index in [-0.39, 0.29) is 17.0 Å². The molecular formula is C21H26N4O2. The van der Waals surface area contributed by atoms with E-state index in [1.54, 1.807) is 13.8 Å². The van der Waals surface area contributed by atoms with Crippen molar-refractivity contribution in [2.45, 2.75) is 39.7 Å². The number of aromatic amines is 1. The Hall–Kier alpha value is -2.91. The van der Waals surface area contributed by atoms with E-state index in [4.69, 9.17) is 5.73 Å². The number of nitrogens with two attached hydrogens (primary N) is 1. The predicted molar refractivity (Wildman–Crippen MR) is 105 cm³/mol. The third-order valence-electron chi connectivity index (χ3n) is 4.71. The molecule has 1 aromatic carbocycles. The lowest BCUT2D eigenvalue weighted by Gasteiger charge is -2.23. The molecule has 27 heavy (non-hydrogen) atoms. The topological polar surface area (TPSA) is 103 Å². The SMILES string of the molecule is Cc1[nH]c(=O)c(C#N)c(C)c1CCC(=O)N(CCCN)Cc1ccccc1. The highest BCUT2D eigenvalue weighted by molar-refractivity contribution is 5.76. The molecule has 0 saturated carbocycles. The van der Waals surface area contributed by atoms with Gasteiger partial charge in [0.1, 0.15) is 11.6 Å². The Balaban J connectivity index is 2.14. The average Bonchev–Trinajstić information content (AvgIpc) is 2.65. The zero-order chi connectivity index (χ0) is 19.8. The summed E-state index contributed by atoms with van der Waals surface area (Å²) in [6, 6.07) is 11.8. The van der Waals surface area contributed by atoms with Gasteiger partial charge >= 0.3 is 0 Å². The molecule has 1 heterocycles. The van der Waals surface area contributed by atoms with E-state index < -0.39 is 0 Å². The Morgan fingerprint density at radius 3 is 2.59 bits per heavy atom. The molecule has 0 unspecified atom stereocenters. The third kappa shape index (κ3) is 5.28. The lowest BCUT2D eigenvalue weighted by atomic mass is 9.99. The van der Waals surface area contributed by atoms with E-state index in [0.29, 0.717) is 43.7 Å². The molecule has 2 aromatic rings. The Bertz CT molecular complexity index is 882. The predicted octanol–water partition coefficient (Wildman–Crippen LogP) is 2.17. The van der Waals surface area contributed by atoms with Gasteiger partial charge < -0.3 is 15.6 Å². The Kier molecular flexibility index (Phi) is 7.33. The van der Waals surface area contributed by atoms with Crippen molar-refractivity contribution in [3.05, 3.63) is 68.6 Å². The van der Waals surface area contributed by atoms with Crippen LogP contribution in [-0.4, -0.2) is 28.9 Å². The summed E-state index contributed by atoms with van der Waals surface area (Å²) in [7, 11) is 0. The first-order chi connectivity index (χ1) is 13.0. The van der Waals surface area contributed by atoms with Crippen LogP contribution in [0.1, 0.15) is 40.8 Å². The molecule has 6 heteroatoms. The van der Waals surface area contributed by atoms with E-state index in [2.05, 4.69) is 4.98 Å². The molecule has 0 aliphatic rings.